The molecule has 9 heteroatoms. The molecule has 0 amide bonds. The molecule has 3 rings (SSSR count). The molecule has 0 spiro atoms. The number of nitrogens with zero attached hydrogens (tertiary/aromatic N) is 3. The molecule has 0 aliphatic heterocycles. The average Bonchev–Trinajstić information content (AvgIpc) is 3.08. The summed E-state index contributed by atoms with van der Waals surface area (Å²) in [5.74, 6) is 0.188. The molecule has 0 bridgehead atoms. The smallest absolute Gasteiger partial charge is 0.338 e. The standard InChI is InChI=1S/C18H18N4O4S/c1-3-26-18(23)14-6-10-16(11-7-14)27(24,25)21-15-8-4-13(5-9-15)17-20-19-12-22(17)2/h4-12,21H,3H2,1-2H3. The van der Waals surface area contributed by atoms with Gasteiger partial charge in [-0.15, -0.1) is 10.2 Å². The van der Waals surface area contributed by atoms with Gasteiger partial charge in [-0.2, -0.15) is 0 Å². The number of aromatic nitrogens is 3. The van der Waals surface area contributed by atoms with E-state index in [0.29, 0.717) is 17.1 Å². The molecule has 0 aliphatic rings. The highest BCUT2D eigenvalue weighted by molar-refractivity contribution is 7.92. The van der Waals surface area contributed by atoms with Crippen molar-refractivity contribution in [3.05, 3.63) is 60.4 Å². The van der Waals surface area contributed by atoms with Crippen LogP contribution in [-0.4, -0.2) is 35.8 Å². The van der Waals surface area contributed by atoms with Crippen molar-refractivity contribution in [2.75, 3.05) is 11.3 Å². The number of ether oxygens (including phenoxy) is 1. The first-order chi connectivity index (χ1) is 12.9. The van der Waals surface area contributed by atoms with Crippen molar-refractivity contribution < 1.29 is 17.9 Å². The van der Waals surface area contributed by atoms with E-state index in [1.165, 1.54) is 24.3 Å². The number of rotatable bonds is 6. The van der Waals surface area contributed by atoms with Gasteiger partial charge in [0.25, 0.3) is 10.0 Å². The summed E-state index contributed by atoms with van der Waals surface area (Å²) >= 11 is 0. The van der Waals surface area contributed by atoms with E-state index in [-0.39, 0.29) is 11.5 Å². The van der Waals surface area contributed by atoms with Crippen LogP contribution >= 0.6 is 0 Å². The third-order valence-corrected chi connectivity index (χ3v) is 5.18. The summed E-state index contributed by atoms with van der Waals surface area (Å²) in [5, 5.41) is 7.83. The Morgan fingerprint density at radius 2 is 1.78 bits per heavy atom. The maximum Gasteiger partial charge on any atom is 0.338 e. The summed E-state index contributed by atoms with van der Waals surface area (Å²) in [6.07, 6.45) is 1.59. The molecule has 0 fully saturated rings. The van der Waals surface area contributed by atoms with E-state index >= 15 is 0 Å². The van der Waals surface area contributed by atoms with Gasteiger partial charge in [0.15, 0.2) is 5.82 Å². The molecule has 0 atom stereocenters. The molecular weight excluding hydrogens is 368 g/mol. The Hall–Kier alpha value is -3.20. The molecule has 140 valence electrons. The third-order valence-electron chi connectivity index (χ3n) is 3.78. The minimum atomic E-state index is -3.78. The summed E-state index contributed by atoms with van der Waals surface area (Å²) in [6, 6.07) is 12.4. The van der Waals surface area contributed by atoms with Crippen LogP contribution in [0.15, 0.2) is 59.8 Å². The molecule has 2 aromatic carbocycles. The van der Waals surface area contributed by atoms with Crippen LogP contribution in [0.3, 0.4) is 0 Å². The molecule has 27 heavy (non-hydrogen) atoms. The van der Waals surface area contributed by atoms with E-state index in [9.17, 15) is 13.2 Å². The number of nitrogens with one attached hydrogen (secondary N) is 1. The quantitative estimate of drug-likeness (QED) is 0.653. The first-order valence-electron chi connectivity index (χ1n) is 8.15. The number of esters is 1. The topological polar surface area (TPSA) is 103 Å². The van der Waals surface area contributed by atoms with E-state index in [1.54, 1.807) is 42.1 Å². The molecule has 1 aromatic heterocycles. The minimum absolute atomic E-state index is 0.0490. The number of aryl methyl sites for hydroxylation is 1. The van der Waals surface area contributed by atoms with Crippen LogP contribution in [0.4, 0.5) is 5.69 Å². The van der Waals surface area contributed by atoms with E-state index < -0.39 is 16.0 Å². The van der Waals surface area contributed by atoms with E-state index in [2.05, 4.69) is 14.9 Å². The van der Waals surface area contributed by atoms with E-state index in [1.807, 2.05) is 7.05 Å². The molecule has 0 saturated heterocycles. The molecule has 1 N–H and O–H groups in total. The monoisotopic (exact) mass is 386 g/mol. The highest BCUT2D eigenvalue weighted by Crippen LogP contribution is 2.21. The fraction of sp³-hybridized carbons (Fsp3) is 0.167. The number of benzene rings is 2. The lowest BCUT2D eigenvalue weighted by molar-refractivity contribution is 0.0526. The van der Waals surface area contributed by atoms with Crippen molar-refractivity contribution in [1.82, 2.24) is 14.8 Å². The number of sulfonamides is 1. The van der Waals surface area contributed by atoms with Crippen LogP contribution in [0.1, 0.15) is 17.3 Å². The average molecular weight is 386 g/mol. The number of anilines is 1. The van der Waals surface area contributed by atoms with Gasteiger partial charge in [-0.3, -0.25) is 4.72 Å². The van der Waals surface area contributed by atoms with Gasteiger partial charge >= 0.3 is 5.97 Å². The highest BCUT2D eigenvalue weighted by Gasteiger charge is 2.16. The Morgan fingerprint density at radius 3 is 2.33 bits per heavy atom. The summed E-state index contributed by atoms with van der Waals surface area (Å²) in [4.78, 5) is 11.7. The van der Waals surface area contributed by atoms with Crippen LogP contribution in [0.5, 0.6) is 0 Å². The molecule has 0 radical (unpaired) electrons. The summed E-state index contributed by atoms with van der Waals surface area (Å²) in [6.45, 7) is 1.96. The Labute approximate surface area is 156 Å². The zero-order valence-electron chi connectivity index (χ0n) is 14.8. The normalized spacial score (nSPS) is 11.2. The van der Waals surface area contributed by atoms with Crippen molar-refractivity contribution in [2.45, 2.75) is 11.8 Å². The predicted molar refractivity (Wildman–Crippen MR) is 99.6 cm³/mol. The van der Waals surface area contributed by atoms with Gasteiger partial charge in [0, 0.05) is 18.3 Å². The van der Waals surface area contributed by atoms with Crippen LogP contribution in [0.2, 0.25) is 0 Å². The lowest BCUT2D eigenvalue weighted by Gasteiger charge is -2.09. The second kappa shape index (κ2) is 7.58. The number of carbonyl (C=O) groups excluding carboxylic acids is 1. The number of hydrogen-bond acceptors (Lipinski definition) is 6. The fourth-order valence-electron chi connectivity index (χ4n) is 2.43. The fourth-order valence-corrected chi connectivity index (χ4v) is 3.49. The predicted octanol–water partition coefficient (Wildman–Crippen LogP) is 2.46. The van der Waals surface area contributed by atoms with Crippen LogP contribution < -0.4 is 4.72 Å². The third kappa shape index (κ3) is 4.14. The maximum absolute atomic E-state index is 12.5. The number of carbonyl (C=O) groups is 1. The second-order valence-corrected chi connectivity index (χ2v) is 7.38. The molecule has 1 heterocycles. The van der Waals surface area contributed by atoms with Gasteiger partial charge < -0.3 is 9.30 Å². The van der Waals surface area contributed by atoms with Crippen molar-refractivity contribution in [1.29, 1.82) is 0 Å². The largest absolute Gasteiger partial charge is 0.462 e. The second-order valence-electron chi connectivity index (χ2n) is 5.69. The van der Waals surface area contributed by atoms with E-state index in [0.717, 1.165) is 5.56 Å². The molecule has 0 aliphatic carbocycles. The van der Waals surface area contributed by atoms with Crippen molar-refractivity contribution in [3.63, 3.8) is 0 Å². The molecule has 0 saturated carbocycles. The van der Waals surface area contributed by atoms with Gasteiger partial charge in [-0.25, -0.2) is 13.2 Å². The van der Waals surface area contributed by atoms with Crippen molar-refractivity contribution in [2.24, 2.45) is 7.05 Å². The number of hydrogen-bond donors (Lipinski definition) is 1. The van der Waals surface area contributed by atoms with Gasteiger partial charge in [-0.05, 0) is 55.5 Å². The Balaban J connectivity index is 1.76. The lowest BCUT2D eigenvalue weighted by Crippen LogP contribution is -2.13. The molecular formula is C18H18N4O4S. The van der Waals surface area contributed by atoms with Gasteiger partial charge in [0.05, 0.1) is 17.1 Å². The summed E-state index contributed by atoms with van der Waals surface area (Å²) in [7, 11) is -1.95. The Kier molecular flexibility index (Phi) is 5.22. The minimum Gasteiger partial charge on any atom is -0.462 e. The molecule has 3 aromatic rings. The first-order valence-corrected chi connectivity index (χ1v) is 9.63. The maximum atomic E-state index is 12.5. The zero-order chi connectivity index (χ0) is 19.4. The zero-order valence-corrected chi connectivity index (χ0v) is 15.6. The van der Waals surface area contributed by atoms with Crippen molar-refractivity contribution >= 4 is 21.7 Å². The van der Waals surface area contributed by atoms with Crippen LogP contribution in [0.25, 0.3) is 11.4 Å². The van der Waals surface area contributed by atoms with Crippen LogP contribution in [-0.2, 0) is 21.8 Å². The molecule has 8 nitrogen and oxygen atoms in total. The van der Waals surface area contributed by atoms with Gasteiger partial charge in [0.1, 0.15) is 6.33 Å². The highest BCUT2D eigenvalue weighted by atomic mass is 32.2. The Bertz CT molecular complexity index is 1040. The first kappa shape index (κ1) is 18.6. The SMILES string of the molecule is CCOC(=O)c1ccc(S(=O)(=O)Nc2ccc(-c3nncn3C)cc2)cc1. The summed E-state index contributed by atoms with van der Waals surface area (Å²) < 4.78 is 34.2. The lowest BCUT2D eigenvalue weighted by atomic mass is 10.2. The van der Waals surface area contributed by atoms with Crippen LogP contribution in [0, 0.1) is 0 Å². The van der Waals surface area contributed by atoms with Gasteiger partial charge in [-0.1, -0.05) is 0 Å². The summed E-state index contributed by atoms with van der Waals surface area (Å²) in [5.41, 5.74) is 1.52. The van der Waals surface area contributed by atoms with Crippen molar-refractivity contribution in [3.8, 4) is 11.4 Å². The molecule has 0 unspecified atom stereocenters. The van der Waals surface area contributed by atoms with Gasteiger partial charge in [0.2, 0.25) is 0 Å². The van der Waals surface area contributed by atoms with E-state index in [4.69, 9.17) is 4.74 Å². The Morgan fingerprint density at radius 1 is 1.11 bits per heavy atom.